The van der Waals surface area contributed by atoms with Gasteiger partial charge in [-0.05, 0) is 12.1 Å². The van der Waals surface area contributed by atoms with Gasteiger partial charge < -0.3 is 4.74 Å². The molecule has 0 saturated carbocycles. The summed E-state index contributed by atoms with van der Waals surface area (Å²) in [5.74, 6) is -0.150. The van der Waals surface area contributed by atoms with Crippen molar-refractivity contribution in [1.82, 2.24) is 0 Å². The summed E-state index contributed by atoms with van der Waals surface area (Å²) in [6, 6.07) is 8.87. The van der Waals surface area contributed by atoms with Gasteiger partial charge >= 0.3 is 5.97 Å². The lowest BCUT2D eigenvalue weighted by Gasteiger charge is -2.23. The van der Waals surface area contributed by atoms with Gasteiger partial charge in [0.2, 0.25) is 0 Å². The molecule has 0 amide bonds. The molecule has 0 heterocycles. The van der Waals surface area contributed by atoms with Crippen LogP contribution in [0.5, 0.6) is 0 Å². The molecule has 0 bridgehead atoms. The highest BCUT2D eigenvalue weighted by Gasteiger charge is 2.23. The molecule has 0 aliphatic heterocycles. The van der Waals surface area contributed by atoms with Crippen molar-refractivity contribution in [3.63, 3.8) is 0 Å². The molecule has 0 spiro atoms. The predicted molar refractivity (Wildman–Crippen MR) is 70.4 cm³/mol. The molecule has 3 heteroatoms. The summed E-state index contributed by atoms with van der Waals surface area (Å²) >= 11 is 0. The highest BCUT2D eigenvalue weighted by molar-refractivity contribution is 5.89. The summed E-state index contributed by atoms with van der Waals surface area (Å²) in [6.45, 7) is 5.96. The molecule has 3 nitrogen and oxygen atoms in total. The molecule has 0 aromatic heterocycles. The lowest BCUT2D eigenvalue weighted by atomic mass is 9.88. The Morgan fingerprint density at radius 2 is 1.78 bits per heavy atom. The third-order valence-corrected chi connectivity index (χ3v) is 2.67. The first kappa shape index (κ1) is 14.4. The van der Waals surface area contributed by atoms with Gasteiger partial charge in [-0.1, -0.05) is 39.0 Å². The number of ketones is 1. The maximum atomic E-state index is 11.7. The molecular weight excluding hydrogens is 228 g/mol. The first-order valence-corrected chi connectivity index (χ1v) is 6.18. The molecule has 0 atom stereocenters. The minimum Gasteiger partial charge on any atom is -0.462 e. The zero-order valence-corrected chi connectivity index (χ0v) is 11.2. The lowest BCUT2D eigenvalue weighted by molar-refractivity contribution is -0.121. The van der Waals surface area contributed by atoms with E-state index in [1.807, 2.05) is 26.8 Å². The van der Waals surface area contributed by atoms with Gasteiger partial charge in [0.15, 0.2) is 0 Å². The standard InChI is InChI=1S/C15H20O3/c1-4-13(16)10-15(2,3)11-18-14(17)12-8-6-5-7-9-12/h5-9H,4,10-11H2,1-3H3. The Morgan fingerprint density at radius 3 is 2.33 bits per heavy atom. The fourth-order valence-corrected chi connectivity index (χ4v) is 1.63. The van der Waals surface area contributed by atoms with Crippen LogP contribution in [0.2, 0.25) is 0 Å². The summed E-state index contributed by atoms with van der Waals surface area (Å²) < 4.78 is 5.25. The van der Waals surface area contributed by atoms with Crippen LogP contribution in [0.3, 0.4) is 0 Å². The van der Waals surface area contributed by atoms with E-state index in [4.69, 9.17) is 4.74 Å². The molecule has 0 aliphatic carbocycles. The third-order valence-electron chi connectivity index (χ3n) is 2.67. The lowest BCUT2D eigenvalue weighted by Crippen LogP contribution is -2.25. The molecular formula is C15H20O3. The molecule has 0 aliphatic rings. The zero-order valence-electron chi connectivity index (χ0n) is 11.2. The number of hydrogen-bond donors (Lipinski definition) is 0. The number of carbonyl (C=O) groups excluding carboxylic acids is 2. The van der Waals surface area contributed by atoms with Crippen LogP contribution in [-0.2, 0) is 9.53 Å². The average molecular weight is 248 g/mol. The molecule has 0 unspecified atom stereocenters. The maximum absolute atomic E-state index is 11.7. The highest BCUT2D eigenvalue weighted by Crippen LogP contribution is 2.22. The summed E-state index contributed by atoms with van der Waals surface area (Å²) in [7, 11) is 0. The third kappa shape index (κ3) is 4.70. The van der Waals surface area contributed by atoms with Crippen LogP contribution < -0.4 is 0 Å². The van der Waals surface area contributed by atoms with Crippen LogP contribution in [0.15, 0.2) is 30.3 Å². The van der Waals surface area contributed by atoms with Crippen molar-refractivity contribution in [3.8, 4) is 0 Å². The highest BCUT2D eigenvalue weighted by atomic mass is 16.5. The van der Waals surface area contributed by atoms with Crippen molar-refractivity contribution in [1.29, 1.82) is 0 Å². The van der Waals surface area contributed by atoms with Crippen LogP contribution in [0.4, 0.5) is 0 Å². The molecule has 98 valence electrons. The number of hydrogen-bond acceptors (Lipinski definition) is 3. The first-order valence-electron chi connectivity index (χ1n) is 6.18. The van der Waals surface area contributed by atoms with Gasteiger partial charge in [0.05, 0.1) is 12.2 Å². The summed E-state index contributed by atoms with van der Waals surface area (Å²) in [6.07, 6.45) is 0.960. The van der Waals surface area contributed by atoms with Gasteiger partial charge in [0.25, 0.3) is 0 Å². The fraction of sp³-hybridized carbons (Fsp3) is 0.467. The summed E-state index contributed by atoms with van der Waals surface area (Å²) in [5.41, 5.74) is 0.229. The second kappa shape index (κ2) is 6.34. The minimum absolute atomic E-state index is 0.191. The number of Topliss-reactive ketones (excluding diaryl/α,β-unsaturated/α-hetero) is 1. The van der Waals surface area contributed by atoms with Crippen molar-refractivity contribution in [3.05, 3.63) is 35.9 Å². The Kier molecular flexibility index (Phi) is 5.08. The van der Waals surface area contributed by atoms with E-state index in [-0.39, 0.29) is 23.8 Å². The molecule has 0 N–H and O–H groups in total. The van der Waals surface area contributed by atoms with E-state index in [0.29, 0.717) is 18.4 Å². The topological polar surface area (TPSA) is 43.4 Å². The van der Waals surface area contributed by atoms with Crippen LogP contribution in [0.1, 0.15) is 44.0 Å². The molecule has 18 heavy (non-hydrogen) atoms. The van der Waals surface area contributed by atoms with E-state index in [9.17, 15) is 9.59 Å². The van der Waals surface area contributed by atoms with Gasteiger partial charge in [-0.25, -0.2) is 4.79 Å². The van der Waals surface area contributed by atoms with Gasteiger partial charge in [-0.15, -0.1) is 0 Å². The Bertz CT molecular complexity index is 407. The summed E-state index contributed by atoms with van der Waals surface area (Å²) in [4.78, 5) is 23.1. The molecule has 0 fully saturated rings. The Hall–Kier alpha value is -1.64. The predicted octanol–water partition coefficient (Wildman–Crippen LogP) is 3.24. The summed E-state index contributed by atoms with van der Waals surface area (Å²) in [5, 5.41) is 0. The first-order chi connectivity index (χ1) is 8.44. The SMILES string of the molecule is CCC(=O)CC(C)(C)COC(=O)c1ccccc1. The van der Waals surface area contributed by atoms with Gasteiger partial charge in [-0.2, -0.15) is 0 Å². The van der Waals surface area contributed by atoms with E-state index in [0.717, 1.165) is 0 Å². The number of carbonyl (C=O) groups is 2. The van der Waals surface area contributed by atoms with Crippen molar-refractivity contribution in [2.75, 3.05) is 6.61 Å². The van der Waals surface area contributed by atoms with Crippen LogP contribution >= 0.6 is 0 Å². The molecule has 1 rings (SSSR count). The van der Waals surface area contributed by atoms with E-state index < -0.39 is 0 Å². The van der Waals surface area contributed by atoms with Gasteiger partial charge in [0, 0.05) is 18.3 Å². The molecule has 1 aromatic carbocycles. The number of ether oxygens (including phenoxy) is 1. The fourth-order valence-electron chi connectivity index (χ4n) is 1.63. The number of rotatable bonds is 6. The molecule has 1 aromatic rings. The zero-order chi connectivity index (χ0) is 13.6. The van der Waals surface area contributed by atoms with Crippen molar-refractivity contribution < 1.29 is 14.3 Å². The second-order valence-electron chi connectivity index (χ2n) is 5.18. The number of esters is 1. The van der Waals surface area contributed by atoms with Crippen molar-refractivity contribution in [2.45, 2.75) is 33.6 Å². The Balaban J connectivity index is 2.50. The van der Waals surface area contributed by atoms with Crippen LogP contribution in [0.25, 0.3) is 0 Å². The van der Waals surface area contributed by atoms with E-state index in [1.54, 1.807) is 24.3 Å². The average Bonchev–Trinajstić information content (AvgIpc) is 2.36. The molecule has 0 saturated heterocycles. The van der Waals surface area contributed by atoms with E-state index in [1.165, 1.54) is 0 Å². The minimum atomic E-state index is -0.340. The Morgan fingerprint density at radius 1 is 1.17 bits per heavy atom. The van der Waals surface area contributed by atoms with E-state index >= 15 is 0 Å². The van der Waals surface area contributed by atoms with E-state index in [2.05, 4.69) is 0 Å². The van der Waals surface area contributed by atoms with Gasteiger partial charge in [0.1, 0.15) is 5.78 Å². The van der Waals surface area contributed by atoms with Crippen LogP contribution in [-0.4, -0.2) is 18.4 Å². The smallest absolute Gasteiger partial charge is 0.338 e. The largest absolute Gasteiger partial charge is 0.462 e. The van der Waals surface area contributed by atoms with Crippen LogP contribution in [0, 0.1) is 5.41 Å². The Labute approximate surface area is 108 Å². The quantitative estimate of drug-likeness (QED) is 0.726. The monoisotopic (exact) mass is 248 g/mol. The molecule has 0 radical (unpaired) electrons. The van der Waals surface area contributed by atoms with Crippen molar-refractivity contribution in [2.24, 2.45) is 5.41 Å². The number of benzene rings is 1. The van der Waals surface area contributed by atoms with Gasteiger partial charge in [-0.3, -0.25) is 4.79 Å². The second-order valence-corrected chi connectivity index (χ2v) is 5.18. The maximum Gasteiger partial charge on any atom is 0.338 e. The van der Waals surface area contributed by atoms with Crippen molar-refractivity contribution >= 4 is 11.8 Å². The normalized spacial score (nSPS) is 11.1.